The smallest absolute Gasteiger partial charge is 0.140 e. The summed E-state index contributed by atoms with van der Waals surface area (Å²) in [5.74, 6) is 0.975. The highest BCUT2D eigenvalue weighted by atomic mass is 16.5. The van der Waals surface area contributed by atoms with Crippen molar-refractivity contribution in [1.82, 2.24) is 9.99 Å². The highest BCUT2D eigenvalue weighted by Gasteiger charge is 2.14. The van der Waals surface area contributed by atoms with Gasteiger partial charge in [-0.2, -0.15) is 0 Å². The van der Waals surface area contributed by atoms with Crippen molar-refractivity contribution >= 4 is 5.82 Å². The number of nitrogens with one attached hydrogen (secondary N) is 1. The zero-order valence-electron chi connectivity index (χ0n) is 9.41. The van der Waals surface area contributed by atoms with E-state index >= 15 is 0 Å². The minimum atomic E-state index is 0.804. The van der Waals surface area contributed by atoms with Crippen LogP contribution in [0.5, 0.6) is 0 Å². The van der Waals surface area contributed by atoms with Crippen molar-refractivity contribution in [3.8, 4) is 0 Å². The van der Waals surface area contributed by atoms with Crippen molar-refractivity contribution in [1.29, 1.82) is 0 Å². The van der Waals surface area contributed by atoms with Gasteiger partial charge in [0.25, 0.3) is 0 Å². The number of nitrogens with zero attached hydrogens (tertiary/aromatic N) is 2. The second kappa shape index (κ2) is 4.39. The molecular weight excluding hydrogens is 202 g/mol. The summed E-state index contributed by atoms with van der Waals surface area (Å²) in [4.78, 5) is 4.65. The van der Waals surface area contributed by atoms with E-state index in [-0.39, 0.29) is 0 Å². The van der Waals surface area contributed by atoms with Crippen LogP contribution in [-0.2, 0) is 17.6 Å². The lowest BCUT2D eigenvalue weighted by molar-refractivity contribution is 0.0495. The Kier molecular flexibility index (Phi) is 2.76. The number of hydrazine groups is 1. The molecule has 2 aliphatic rings. The first-order valence-corrected chi connectivity index (χ1v) is 6.00. The molecule has 16 heavy (non-hydrogen) atoms. The molecule has 0 saturated carbocycles. The zero-order valence-corrected chi connectivity index (χ0v) is 9.41. The summed E-state index contributed by atoms with van der Waals surface area (Å²) < 4.78 is 5.31. The zero-order chi connectivity index (χ0) is 10.8. The summed E-state index contributed by atoms with van der Waals surface area (Å²) in [6, 6.07) is 4.29. The molecule has 4 heteroatoms. The molecule has 1 saturated heterocycles. The molecule has 1 fully saturated rings. The molecule has 1 aromatic heterocycles. The minimum absolute atomic E-state index is 0.804. The Hall–Kier alpha value is -1.13. The van der Waals surface area contributed by atoms with Crippen LogP contribution in [0.2, 0.25) is 0 Å². The van der Waals surface area contributed by atoms with Gasteiger partial charge in [-0.1, -0.05) is 6.07 Å². The van der Waals surface area contributed by atoms with Gasteiger partial charge in [0.1, 0.15) is 5.82 Å². The van der Waals surface area contributed by atoms with Gasteiger partial charge in [-0.15, -0.1) is 0 Å². The quantitative estimate of drug-likeness (QED) is 0.811. The number of ether oxygens (including phenoxy) is 1. The number of aryl methyl sites for hydroxylation is 2. The Balaban J connectivity index is 1.69. The monoisotopic (exact) mass is 219 g/mol. The maximum Gasteiger partial charge on any atom is 0.140 e. The van der Waals surface area contributed by atoms with E-state index in [0.29, 0.717) is 0 Å². The first-order valence-electron chi connectivity index (χ1n) is 6.00. The van der Waals surface area contributed by atoms with E-state index in [4.69, 9.17) is 4.74 Å². The van der Waals surface area contributed by atoms with Crippen molar-refractivity contribution in [2.24, 2.45) is 0 Å². The van der Waals surface area contributed by atoms with Crippen LogP contribution in [0.15, 0.2) is 12.1 Å². The van der Waals surface area contributed by atoms with E-state index in [9.17, 15) is 0 Å². The molecule has 1 aliphatic carbocycles. The second-order valence-corrected chi connectivity index (χ2v) is 4.37. The van der Waals surface area contributed by atoms with Gasteiger partial charge in [0.05, 0.1) is 13.2 Å². The highest BCUT2D eigenvalue weighted by Crippen LogP contribution is 2.21. The predicted molar refractivity (Wildman–Crippen MR) is 62.3 cm³/mol. The van der Waals surface area contributed by atoms with E-state index in [1.807, 2.05) is 0 Å². The van der Waals surface area contributed by atoms with Crippen LogP contribution in [0, 0.1) is 0 Å². The van der Waals surface area contributed by atoms with Crippen molar-refractivity contribution in [3.63, 3.8) is 0 Å². The maximum absolute atomic E-state index is 5.31. The molecule has 0 bridgehead atoms. The summed E-state index contributed by atoms with van der Waals surface area (Å²) in [5.41, 5.74) is 6.05. The molecule has 1 N–H and O–H groups in total. The molecule has 1 aromatic rings. The molecular formula is C12H17N3O. The van der Waals surface area contributed by atoms with Crippen molar-refractivity contribution in [3.05, 3.63) is 23.4 Å². The van der Waals surface area contributed by atoms with E-state index in [0.717, 1.165) is 38.5 Å². The first-order chi connectivity index (χ1) is 7.92. The molecule has 0 aromatic carbocycles. The van der Waals surface area contributed by atoms with Crippen LogP contribution in [0.25, 0.3) is 0 Å². The van der Waals surface area contributed by atoms with Gasteiger partial charge >= 0.3 is 0 Å². The van der Waals surface area contributed by atoms with Crippen LogP contribution in [0.4, 0.5) is 5.82 Å². The number of rotatable bonds is 2. The lowest BCUT2D eigenvalue weighted by Crippen LogP contribution is -2.40. The van der Waals surface area contributed by atoms with Gasteiger partial charge < -0.3 is 10.2 Å². The third-order valence-corrected chi connectivity index (χ3v) is 3.21. The summed E-state index contributed by atoms with van der Waals surface area (Å²) >= 11 is 0. The van der Waals surface area contributed by atoms with Gasteiger partial charge in [0.2, 0.25) is 0 Å². The molecule has 0 unspecified atom stereocenters. The summed E-state index contributed by atoms with van der Waals surface area (Å²) in [7, 11) is 0. The fourth-order valence-corrected chi connectivity index (χ4v) is 2.32. The van der Waals surface area contributed by atoms with Crippen LogP contribution in [0.1, 0.15) is 17.7 Å². The summed E-state index contributed by atoms with van der Waals surface area (Å²) in [6.45, 7) is 3.47. The van der Waals surface area contributed by atoms with Gasteiger partial charge in [-0.25, -0.2) is 9.99 Å². The van der Waals surface area contributed by atoms with Gasteiger partial charge in [0, 0.05) is 18.8 Å². The van der Waals surface area contributed by atoms with Gasteiger partial charge in [0.15, 0.2) is 0 Å². The van der Waals surface area contributed by atoms with Crippen molar-refractivity contribution in [2.75, 3.05) is 31.7 Å². The van der Waals surface area contributed by atoms with Gasteiger partial charge in [-0.05, 0) is 30.9 Å². The average Bonchev–Trinajstić information content (AvgIpc) is 2.77. The fourth-order valence-electron chi connectivity index (χ4n) is 2.32. The van der Waals surface area contributed by atoms with E-state index in [2.05, 4.69) is 27.6 Å². The maximum atomic E-state index is 5.31. The molecule has 0 spiro atoms. The number of hydrogen-bond donors (Lipinski definition) is 1. The normalized spacial score (nSPS) is 20.8. The Morgan fingerprint density at radius 3 is 2.94 bits per heavy atom. The molecule has 3 rings (SSSR count). The second-order valence-electron chi connectivity index (χ2n) is 4.37. The predicted octanol–water partition coefficient (Wildman–Crippen LogP) is 1.23. The molecule has 2 heterocycles. The SMILES string of the molecule is c1cc2c(nc1NN1CCOCC1)CCC2. The fraction of sp³-hybridized carbons (Fsp3) is 0.583. The third kappa shape index (κ3) is 2.03. The van der Waals surface area contributed by atoms with Crippen LogP contribution in [0.3, 0.4) is 0 Å². The third-order valence-electron chi connectivity index (χ3n) is 3.21. The highest BCUT2D eigenvalue weighted by molar-refractivity contribution is 5.39. The standard InChI is InChI=1S/C12H17N3O/c1-2-10-4-5-12(13-11(10)3-1)14-15-6-8-16-9-7-15/h4-5H,1-3,6-9H2,(H,13,14). The van der Waals surface area contributed by atoms with E-state index in [1.165, 1.54) is 24.1 Å². The van der Waals surface area contributed by atoms with Crippen LogP contribution >= 0.6 is 0 Å². The number of anilines is 1. The van der Waals surface area contributed by atoms with Crippen molar-refractivity contribution < 1.29 is 4.74 Å². The first kappa shape index (κ1) is 10.1. The minimum Gasteiger partial charge on any atom is -0.379 e. The van der Waals surface area contributed by atoms with Crippen LogP contribution in [-0.4, -0.2) is 36.3 Å². The Bertz CT molecular complexity index is 375. The molecule has 1 aliphatic heterocycles. The number of hydrogen-bond acceptors (Lipinski definition) is 4. The molecule has 86 valence electrons. The Labute approximate surface area is 95.6 Å². The molecule has 0 atom stereocenters. The lowest BCUT2D eigenvalue weighted by Gasteiger charge is -2.27. The Morgan fingerprint density at radius 2 is 2.06 bits per heavy atom. The Morgan fingerprint density at radius 1 is 1.19 bits per heavy atom. The largest absolute Gasteiger partial charge is 0.379 e. The molecule has 4 nitrogen and oxygen atoms in total. The topological polar surface area (TPSA) is 37.4 Å². The van der Waals surface area contributed by atoms with Gasteiger partial charge in [-0.3, -0.25) is 0 Å². The number of pyridine rings is 1. The van der Waals surface area contributed by atoms with Crippen molar-refractivity contribution in [2.45, 2.75) is 19.3 Å². The number of aromatic nitrogens is 1. The van der Waals surface area contributed by atoms with Crippen LogP contribution < -0.4 is 5.43 Å². The summed E-state index contributed by atoms with van der Waals surface area (Å²) in [6.07, 6.45) is 3.58. The van der Waals surface area contributed by atoms with E-state index in [1.54, 1.807) is 0 Å². The average molecular weight is 219 g/mol. The lowest BCUT2D eigenvalue weighted by atomic mass is 10.2. The number of fused-ring (bicyclic) bond motifs is 1. The molecule has 0 amide bonds. The summed E-state index contributed by atoms with van der Waals surface area (Å²) in [5, 5.41) is 2.17. The van der Waals surface area contributed by atoms with E-state index < -0.39 is 0 Å². The molecule has 0 radical (unpaired) electrons. The number of morpholine rings is 1.